The highest BCUT2D eigenvalue weighted by Crippen LogP contribution is 2.49. The quantitative estimate of drug-likeness (QED) is 0.233. The molecule has 0 radical (unpaired) electrons. The highest BCUT2D eigenvalue weighted by atomic mass is 16.3. The fraction of sp³-hybridized carbons (Fsp3) is 0.343. The first-order valence-electron chi connectivity index (χ1n) is 14.0. The number of hydrogen-bond acceptors (Lipinski definition) is 1. The molecule has 3 aromatic carbocycles. The Labute approximate surface area is 220 Å². The zero-order valence-electron chi connectivity index (χ0n) is 22.5. The van der Waals surface area contributed by atoms with E-state index in [4.69, 9.17) is 4.42 Å². The van der Waals surface area contributed by atoms with Crippen molar-refractivity contribution in [2.75, 3.05) is 0 Å². The van der Waals surface area contributed by atoms with Crippen molar-refractivity contribution in [1.82, 2.24) is 0 Å². The molecule has 0 unspecified atom stereocenters. The van der Waals surface area contributed by atoms with Gasteiger partial charge in [0.05, 0.1) is 5.56 Å². The Bertz CT molecular complexity index is 1680. The predicted molar refractivity (Wildman–Crippen MR) is 153 cm³/mol. The zero-order valence-corrected chi connectivity index (χ0v) is 22.5. The average molecular weight is 487 g/mol. The minimum Gasteiger partial charge on any atom is -0.454 e. The number of benzene rings is 3. The maximum absolute atomic E-state index is 6.89. The van der Waals surface area contributed by atoms with Crippen molar-refractivity contribution in [3.05, 3.63) is 89.1 Å². The molecule has 0 atom stereocenters. The lowest BCUT2D eigenvalue weighted by Crippen LogP contribution is -2.30. The molecule has 2 aliphatic rings. The average Bonchev–Trinajstić information content (AvgIpc) is 3.60. The van der Waals surface area contributed by atoms with Crippen molar-refractivity contribution >= 4 is 21.9 Å². The van der Waals surface area contributed by atoms with Crippen molar-refractivity contribution in [3.63, 3.8) is 0 Å². The topological polar surface area (TPSA) is 17.0 Å². The summed E-state index contributed by atoms with van der Waals surface area (Å²) in [7, 11) is 2.11. The van der Waals surface area contributed by atoms with Gasteiger partial charge in [0.2, 0.25) is 5.69 Å². The van der Waals surface area contributed by atoms with Crippen molar-refractivity contribution in [2.24, 2.45) is 12.5 Å². The normalized spacial score (nSPS) is 17.2. The lowest BCUT2D eigenvalue weighted by Gasteiger charge is -2.18. The first-order chi connectivity index (χ1) is 17.9. The van der Waals surface area contributed by atoms with Gasteiger partial charge in [-0.2, -0.15) is 0 Å². The lowest BCUT2D eigenvalue weighted by atomic mass is 9.86. The Kier molecular flexibility index (Phi) is 5.12. The molecule has 0 saturated heterocycles. The molecule has 186 valence electrons. The summed E-state index contributed by atoms with van der Waals surface area (Å²) >= 11 is 0. The number of furan rings is 1. The highest BCUT2D eigenvalue weighted by Gasteiger charge is 2.35. The predicted octanol–water partition coefficient (Wildman–Crippen LogP) is 8.84. The first kappa shape index (κ1) is 22.8. The van der Waals surface area contributed by atoms with Crippen LogP contribution in [0.15, 0.2) is 71.3 Å². The highest BCUT2D eigenvalue weighted by molar-refractivity contribution is 6.13. The SMILES string of the molecule is Cc1ccc2c(oc3c(-c4ccc(C5CCCC5)c5c4CC(C)(C)C5)cccc32)c1-c1cccc[n+]1C. The summed E-state index contributed by atoms with van der Waals surface area (Å²) in [6.07, 6.45) is 9.89. The Morgan fingerprint density at radius 3 is 2.38 bits per heavy atom. The van der Waals surface area contributed by atoms with Crippen LogP contribution in [0.1, 0.15) is 67.7 Å². The molecule has 2 heteroatoms. The molecular weight excluding hydrogens is 450 g/mol. The molecule has 0 amide bonds. The molecule has 2 heterocycles. The van der Waals surface area contributed by atoms with Crippen LogP contribution in [-0.4, -0.2) is 0 Å². The van der Waals surface area contributed by atoms with Gasteiger partial charge in [-0.25, -0.2) is 4.57 Å². The van der Waals surface area contributed by atoms with Crippen LogP contribution in [0.3, 0.4) is 0 Å². The van der Waals surface area contributed by atoms with Crippen LogP contribution >= 0.6 is 0 Å². The van der Waals surface area contributed by atoms with Crippen LogP contribution in [0.2, 0.25) is 0 Å². The lowest BCUT2D eigenvalue weighted by molar-refractivity contribution is -0.660. The van der Waals surface area contributed by atoms with E-state index in [0.717, 1.165) is 23.5 Å². The summed E-state index contributed by atoms with van der Waals surface area (Å²) in [4.78, 5) is 0. The number of para-hydroxylation sites is 1. The van der Waals surface area contributed by atoms with Crippen LogP contribution in [0, 0.1) is 12.3 Å². The standard InChI is InChI=1S/C35H36NO/c1-22-15-16-28-27-13-9-12-26(33(27)37-34(28)32(22)31-14-7-8-19-36(31)4)25-18-17-24(23-10-5-6-11-23)29-20-35(2,3)21-30(25)29/h7-9,12-19,23H,5-6,10-11,20-21H2,1-4H3/q+1. The van der Waals surface area contributed by atoms with Gasteiger partial charge in [-0.15, -0.1) is 0 Å². The molecule has 2 aliphatic carbocycles. The summed E-state index contributed by atoms with van der Waals surface area (Å²) in [5.74, 6) is 0.746. The van der Waals surface area contributed by atoms with Gasteiger partial charge in [-0.1, -0.05) is 69.2 Å². The molecule has 0 N–H and O–H groups in total. The second-order valence-corrected chi connectivity index (χ2v) is 12.3. The van der Waals surface area contributed by atoms with Crippen LogP contribution in [-0.2, 0) is 19.9 Å². The second kappa shape index (κ2) is 8.31. The molecular formula is C35H36NO+. The molecule has 0 aliphatic heterocycles. The first-order valence-corrected chi connectivity index (χ1v) is 14.0. The molecule has 7 rings (SSSR count). The van der Waals surface area contributed by atoms with Crippen LogP contribution in [0.5, 0.6) is 0 Å². The molecule has 2 aromatic heterocycles. The van der Waals surface area contributed by atoms with Gasteiger partial charge in [0.1, 0.15) is 18.2 Å². The third kappa shape index (κ3) is 3.56. The van der Waals surface area contributed by atoms with E-state index in [1.54, 1.807) is 16.7 Å². The van der Waals surface area contributed by atoms with Gasteiger partial charge in [0.15, 0.2) is 6.20 Å². The second-order valence-electron chi connectivity index (χ2n) is 12.3. The van der Waals surface area contributed by atoms with Gasteiger partial charge in [0, 0.05) is 28.5 Å². The minimum atomic E-state index is 0.305. The van der Waals surface area contributed by atoms with Gasteiger partial charge in [-0.05, 0) is 77.8 Å². The third-order valence-electron chi connectivity index (χ3n) is 9.05. The van der Waals surface area contributed by atoms with E-state index in [1.165, 1.54) is 70.8 Å². The number of aromatic nitrogens is 1. The summed E-state index contributed by atoms with van der Waals surface area (Å²) < 4.78 is 9.07. The Hall–Kier alpha value is -3.39. The van der Waals surface area contributed by atoms with E-state index in [1.807, 2.05) is 0 Å². The van der Waals surface area contributed by atoms with Crippen LogP contribution in [0.25, 0.3) is 44.3 Å². The van der Waals surface area contributed by atoms with E-state index in [0.29, 0.717) is 5.41 Å². The number of rotatable bonds is 3. The molecule has 5 aromatic rings. The Morgan fingerprint density at radius 2 is 1.57 bits per heavy atom. The molecule has 37 heavy (non-hydrogen) atoms. The van der Waals surface area contributed by atoms with E-state index in [-0.39, 0.29) is 0 Å². The van der Waals surface area contributed by atoms with Crippen molar-refractivity contribution in [2.45, 2.75) is 65.2 Å². The van der Waals surface area contributed by atoms with Gasteiger partial charge in [0.25, 0.3) is 0 Å². The monoisotopic (exact) mass is 486 g/mol. The number of nitrogens with zero attached hydrogens (tertiary/aromatic N) is 1. The number of pyridine rings is 1. The summed E-state index contributed by atoms with van der Waals surface area (Å²) in [6.45, 7) is 7.06. The maximum Gasteiger partial charge on any atom is 0.216 e. The summed E-state index contributed by atoms with van der Waals surface area (Å²) in [5, 5.41) is 2.40. The Balaban J connectivity index is 1.48. The Morgan fingerprint density at radius 1 is 0.784 bits per heavy atom. The minimum absolute atomic E-state index is 0.305. The van der Waals surface area contributed by atoms with Crippen molar-refractivity contribution < 1.29 is 8.98 Å². The van der Waals surface area contributed by atoms with Crippen molar-refractivity contribution in [1.29, 1.82) is 0 Å². The van der Waals surface area contributed by atoms with E-state index < -0.39 is 0 Å². The van der Waals surface area contributed by atoms with E-state index >= 15 is 0 Å². The molecule has 2 nitrogen and oxygen atoms in total. The number of hydrogen-bond donors (Lipinski definition) is 0. The molecule has 1 saturated carbocycles. The maximum atomic E-state index is 6.89. The molecule has 1 fully saturated rings. The van der Waals surface area contributed by atoms with Gasteiger partial charge < -0.3 is 4.42 Å². The zero-order chi connectivity index (χ0) is 25.3. The smallest absolute Gasteiger partial charge is 0.216 e. The largest absolute Gasteiger partial charge is 0.454 e. The summed E-state index contributed by atoms with van der Waals surface area (Å²) in [5.41, 5.74) is 13.3. The van der Waals surface area contributed by atoms with Gasteiger partial charge in [-0.3, -0.25) is 0 Å². The fourth-order valence-electron chi connectivity index (χ4n) is 7.29. The third-order valence-corrected chi connectivity index (χ3v) is 9.05. The number of aryl methyl sites for hydroxylation is 2. The molecule has 0 bridgehead atoms. The van der Waals surface area contributed by atoms with Gasteiger partial charge >= 0.3 is 0 Å². The van der Waals surface area contributed by atoms with E-state index in [2.05, 4.69) is 99.2 Å². The number of fused-ring (bicyclic) bond motifs is 4. The van der Waals surface area contributed by atoms with Crippen molar-refractivity contribution in [3.8, 4) is 22.4 Å². The molecule has 0 spiro atoms. The summed E-state index contributed by atoms with van der Waals surface area (Å²) in [6, 6.07) is 22.4. The van der Waals surface area contributed by atoms with Crippen LogP contribution in [0.4, 0.5) is 0 Å². The van der Waals surface area contributed by atoms with Crippen LogP contribution < -0.4 is 4.57 Å². The fourth-order valence-corrected chi connectivity index (χ4v) is 7.29. The van der Waals surface area contributed by atoms with E-state index in [9.17, 15) is 0 Å².